The molecule has 1 saturated heterocycles. The molecule has 2 heterocycles. The number of rotatable bonds is 6. The first-order valence-corrected chi connectivity index (χ1v) is 10.7. The van der Waals surface area contributed by atoms with Gasteiger partial charge in [0.2, 0.25) is 5.91 Å². The van der Waals surface area contributed by atoms with Crippen molar-refractivity contribution in [3.05, 3.63) is 59.5 Å². The topological polar surface area (TPSA) is 91.7 Å². The number of nitrogens with one attached hydrogen (secondary N) is 2. The van der Waals surface area contributed by atoms with Gasteiger partial charge in [0.25, 0.3) is 11.8 Å². The summed E-state index contributed by atoms with van der Waals surface area (Å²) in [6, 6.07) is 10.9. The van der Waals surface area contributed by atoms with Crippen LogP contribution in [-0.2, 0) is 10.2 Å². The summed E-state index contributed by atoms with van der Waals surface area (Å²) in [5, 5.41) is 5.80. The molecule has 31 heavy (non-hydrogen) atoms. The van der Waals surface area contributed by atoms with Gasteiger partial charge in [0, 0.05) is 37.7 Å². The fraction of sp³-hybridized carbons (Fsp3) is 0.458. The zero-order valence-corrected chi connectivity index (χ0v) is 18.4. The Bertz CT molecular complexity index is 890. The van der Waals surface area contributed by atoms with E-state index >= 15 is 0 Å². The maximum atomic E-state index is 12.3. The molecular formula is C24H31N3O4. The van der Waals surface area contributed by atoms with Gasteiger partial charge < -0.3 is 20.0 Å². The van der Waals surface area contributed by atoms with Crippen LogP contribution >= 0.6 is 0 Å². The normalized spacial score (nSPS) is 14.9. The summed E-state index contributed by atoms with van der Waals surface area (Å²) >= 11 is 0. The van der Waals surface area contributed by atoms with Crippen molar-refractivity contribution >= 4 is 17.7 Å². The molecule has 3 amide bonds. The molecule has 1 fully saturated rings. The van der Waals surface area contributed by atoms with Crippen LogP contribution in [0, 0.1) is 0 Å². The molecule has 2 aromatic rings. The SMILES string of the molecule is CC(C)(C)c1ccc(C(=O)NCCC(=O)NC2CCN(C(=O)c3ccco3)CC2)cc1. The van der Waals surface area contributed by atoms with Crippen LogP contribution in [0.2, 0.25) is 0 Å². The molecule has 7 nitrogen and oxygen atoms in total. The van der Waals surface area contributed by atoms with Crippen LogP contribution in [0.3, 0.4) is 0 Å². The van der Waals surface area contributed by atoms with Gasteiger partial charge in [0.05, 0.1) is 6.26 Å². The van der Waals surface area contributed by atoms with Crippen molar-refractivity contribution in [1.29, 1.82) is 0 Å². The molecule has 3 rings (SSSR count). The zero-order valence-electron chi connectivity index (χ0n) is 18.4. The second kappa shape index (κ2) is 9.81. The van der Waals surface area contributed by atoms with Crippen LogP contribution in [0.4, 0.5) is 0 Å². The summed E-state index contributed by atoms with van der Waals surface area (Å²) in [4.78, 5) is 38.5. The van der Waals surface area contributed by atoms with Crippen LogP contribution in [0.15, 0.2) is 47.1 Å². The fourth-order valence-electron chi connectivity index (χ4n) is 3.60. The highest BCUT2D eigenvalue weighted by molar-refractivity contribution is 5.94. The van der Waals surface area contributed by atoms with Crippen molar-refractivity contribution in [2.45, 2.75) is 51.5 Å². The lowest BCUT2D eigenvalue weighted by Crippen LogP contribution is -2.46. The van der Waals surface area contributed by atoms with E-state index in [2.05, 4.69) is 31.4 Å². The molecule has 0 spiro atoms. The maximum Gasteiger partial charge on any atom is 0.289 e. The Morgan fingerprint density at radius 2 is 1.74 bits per heavy atom. The van der Waals surface area contributed by atoms with Crippen molar-refractivity contribution < 1.29 is 18.8 Å². The molecule has 2 N–H and O–H groups in total. The highest BCUT2D eigenvalue weighted by Crippen LogP contribution is 2.22. The molecule has 0 unspecified atom stereocenters. The van der Waals surface area contributed by atoms with Gasteiger partial charge in [-0.15, -0.1) is 0 Å². The maximum absolute atomic E-state index is 12.3. The Balaban J connectivity index is 1.36. The van der Waals surface area contributed by atoms with E-state index in [-0.39, 0.29) is 42.1 Å². The fourth-order valence-corrected chi connectivity index (χ4v) is 3.60. The van der Waals surface area contributed by atoms with Crippen LogP contribution < -0.4 is 10.6 Å². The van der Waals surface area contributed by atoms with E-state index in [9.17, 15) is 14.4 Å². The molecule has 7 heteroatoms. The largest absolute Gasteiger partial charge is 0.459 e. The third-order valence-corrected chi connectivity index (χ3v) is 5.53. The van der Waals surface area contributed by atoms with Crippen molar-refractivity contribution in [2.75, 3.05) is 19.6 Å². The third-order valence-electron chi connectivity index (χ3n) is 5.53. The van der Waals surface area contributed by atoms with E-state index in [1.54, 1.807) is 17.0 Å². The molecule has 1 aliphatic rings. The lowest BCUT2D eigenvalue weighted by atomic mass is 9.87. The van der Waals surface area contributed by atoms with Gasteiger partial charge in [0.1, 0.15) is 0 Å². The number of hydrogen-bond acceptors (Lipinski definition) is 4. The Labute approximate surface area is 183 Å². The molecular weight excluding hydrogens is 394 g/mol. The number of carbonyl (C=O) groups is 3. The van der Waals surface area contributed by atoms with Crippen molar-refractivity contribution in [3.8, 4) is 0 Å². The van der Waals surface area contributed by atoms with Crippen molar-refractivity contribution in [2.24, 2.45) is 0 Å². The molecule has 0 saturated carbocycles. The molecule has 0 atom stereocenters. The van der Waals surface area contributed by atoms with Crippen molar-refractivity contribution in [3.63, 3.8) is 0 Å². The standard InChI is InChI=1S/C24H31N3O4/c1-24(2,3)18-8-6-17(7-9-18)22(29)25-13-10-21(28)26-19-11-14-27(15-12-19)23(30)20-5-4-16-31-20/h4-9,16,19H,10-15H2,1-3H3,(H,25,29)(H,26,28). The lowest BCUT2D eigenvalue weighted by Gasteiger charge is -2.31. The monoisotopic (exact) mass is 425 g/mol. The second-order valence-corrected chi connectivity index (χ2v) is 8.94. The molecule has 1 aromatic carbocycles. The number of nitrogens with zero attached hydrogens (tertiary/aromatic N) is 1. The molecule has 0 radical (unpaired) electrons. The van der Waals surface area contributed by atoms with E-state index in [4.69, 9.17) is 4.42 Å². The van der Waals surface area contributed by atoms with Gasteiger partial charge in [-0.1, -0.05) is 32.9 Å². The Morgan fingerprint density at radius 3 is 2.32 bits per heavy atom. The number of hydrogen-bond donors (Lipinski definition) is 2. The average Bonchev–Trinajstić information content (AvgIpc) is 3.28. The molecule has 166 valence electrons. The highest BCUT2D eigenvalue weighted by Gasteiger charge is 2.25. The molecule has 1 aromatic heterocycles. The first-order chi connectivity index (χ1) is 14.7. The number of carbonyl (C=O) groups excluding carboxylic acids is 3. The smallest absolute Gasteiger partial charge is 0.289 e. The Hall–Kier alpha value is -3.09. The number of piperidine rings is 1. The Morgan fingerprint density at radius 1 is 1.06 bits per heavy atom. The quantitative estimate of drug-likeness (QED) is 0.744. The first-order valence-electron chi connectivity index (χ1n) is 10.7. The predicted octanol–water partition coefficient (Wildman–Crippen LogP) is 3.12. The summed E-state index contributed by atoms with van der Waals surface area (Å²) in [7, 11) is 0. The van der Waals surface area contributed by atoms with Gasteiger partial charge in [-0.05, 0) is 48.1 Å². The number of benzene rings is 1. The lowest BCUT2D eigenvalue weighted by molar-refractivity contribution is -0.121. The highest BCUT2D eigenvalue weighted by atomic mass is 16.3. The minimum atomic E-state index is -0.182. The summed E-state index contributed by atoms with van der Waals surface area (Å²) in [6.45, 7) is 7.81. The van der Waals surface area contributed by atoms with Crippen LogP contribution in [0.1, 0.15) is 66.5 Å². The summed E-state index contributed by atoms with van der Waals surface area (Å²) in [5.74, 6) is -0.0588. The predicted molar refractivity (Wildman–Crippen MR) is 118 cm³/mol. The molecule has 1 aliphatic heterocycles. The van der Waals surface area contributed by atoms with E-state index < -0.39 is 0 Å². The van der Waals surface area contributed by atoms with E-state index in [1.165, 1.54) is 11.8 Å². The van der Waals surface area contributed by atoms with Crippen LogP contribution in [-0.4, -0.2) is 48.3 Å². The average molecular weight is 426 g/mol. The van der Waals surface area contributed by atoms with Gasteiger partial charge in [-0.2, -0.15) is 0 Å². The van der Waals surface area contributed by atoms with Gasteiger partial charge in [-0.3, -0.25) is 14.4 Å². The van der Waals surface area contributed by atoms with Crippen molar-refractivity contribution in [1.82, 2.24) is 15.5 Å². The molecule has 0 aliphatic carbocycles. The van der Waals surface area contributed by atoms with E-state index in [0.29, 0.717) is 37.3 Å². The Kier molecular flexibility index (Phi) is 7.15. The van der Waals surface area contributed by atoms with Gasteiger partial charge in [0.15, 0.2) is 5.76 Å². The van der Waals surface area contributed by atoms with E-state index in [0.717, 1.165) is 0 Å². The van der Waals surface area contributed by atoms with Gasteiger partial charge in [-0.25, -0.2) is 0 Å². The number of amides is 3. The summed E-state index contributed by atoms with van der Waals surface area (Å²) in [5.41, 5.74) is 1.79. The summed E-state index contributed by atoms with van der Waals surface area (Å²) in [6.07, 6.45) is 3.10. The minimum absolute atomic E-state index is 0.0359. The summed E-state index contributed by atoms with van der Waals surface area (Å²) < 4.78 is 5.16. The third kappa shape index (κ3) is 6.20. The number of likely N-dealkylation sites (tertiary alicyclic amines) is 1. The second-order valence-electron chi connectivity index (χ2n) is 8.94. The van der Waals surface area contributed by atoms with Gasteiger partial charge >= 0.3 is 0 Å². The zero-order chi connectivity index (χ0) is 22.4. The number of furan rings is 1. The van der Waals surface area contributed by atoms with Crippen LogP contribution in [0.25, 0.3) is 0 Å². The first kappa shape index (κ1) is 22.6. The minimum Gasteiger partial charge on any atom is -0.459 e. The van der Waals surface area contributed by atoms with E-state index in [1.807, 2.05) is 24.3 Å². The van der Waals surface area contributed by atoms with Crippen LogP contribution in [0.5, 0.6) is 0 Å². The molecule has 0 bridgehead atoms.